The third kappa shape index (κ3) is 4.82. The highest BCUT2D eigenvalue weighted by atomic mass is 32.2. The molecule has 9 heteroatoms. The molecule has 20 heavy (non-hydrogen) atoms. The normalized spacial score (nSPS) is 11.5. The van der Waals surface area contributed by atoms with Gasteiger partial charge in [-0.3, -0.25) is 4.84 Å². The monoisotopic (exact) mass is 299 g/mol. The van der Waals surface area contributed by atoms with Gasteiger partial charge in [0.15, 0.2) is 5.16 Å². The fourth-order valence-electron chi connectivity index (χ4n) is 1.46. The van der Waals surface area contributed by atoms with Gasteiger partial charge < -0.3 is 10.6 Å². The zero-order chi connectivity index (χ0) is 15.0. The first kappa shape index (κ1) is 16.4. The first-order chi connectivity index (χ1) is 9.64. The molecule has 0 fully saturated rings. The van der Waals surface area contributed by atoms with Crippen molar-refractivity contribution < 1.29 is 4.84 Å². The quantitative estimate of drug-likeness (QED) is 0.332. The number of hydrogen-bond donors (Lipinski definition) is 2. The maximum Gasteiger partial charge on any atom is 0.258 e. The van der Waals surface area contributed by atoms with Crippen LogP contribution < -0.4 is 16.1 Å². The lowest BCUT2D eigenvalue weighted by Gasteiger charge is -2.18. The molecule has 3 N–H and O–H groups in total. The predicted octanol–water partition coefficient (Wildman–Crippen LogP) is 0.927. The number of nitrogens with two attached hydrogens (primary N) is 1. The summed E-state index contributed by atoms with van der Waals surface area (Å²) in [7, 11) is 1.45. The summed E-state index contributed by atoms with van der Waals surface area (Å²) in [6.07, 6.45) is 0. The molecule has 0 spiro atoms. The summed E-state index contributed by atoms with van der Waals surface area (Å²) in [4.78, 5) is 23.7. The number of aliphatic imine (C=N–C) groups is 1. The molecule has 0 saturated carbocycles. The second-order valence-electron chi connectivity index (χ2n) is 3.63. The Hall–Kier alpha value is -1.61. The molecule has 1 aromatic rings. The third-order valence-electron chi connectivity index (χ3n) is 2.34. The van der Waals surface area contributed by atoms with E-state index in [0.29, 0.717) is 11.1 Å². The highest BCUT2D eigenvalue weighted by Gasteiger charge is 2.11. The van der Waals surface area contributed by atoms with Crippen LogP contribution in [-0.2, 0) is 4.84 Å². The molecule has 0 bridgehead atoms. The van der Waals surface area contributed by atoms with Crippen molar-refractivity contribution in [1.29, 1.82) is 0 Å². The van der Waals surface area contributed by atoms with E-state index in [-0.39, 0.29) is 11.9 Å². The lowest BCUT2D eigenvalue weighted by atomic mass is 10.5. The number of anilines is 1. The van der Waals surface area contributed by atoms with Gasteiger partial charge in [-0.1, -0.05) is 18.7 Å². The number of rotatable bonds is 7. The van der Waals surface area contributed by atoms with Gasteiger partial charge in [0.1, 0.15) is 0 Å². The lowest BCUT2D eigenvalue weighted by molar-refractivity contribution is 0.143. The number of hydrogen-bond acceptors (Lipinski definition) is 7. The van der Waals surface area contributed by atoms with Crippen LogP contribution in [0.2, 0.25) is 0 Å². The van der Waals surface area contributed by atoms with E-state index in [2.05, 4.69) is 30.3 Å². The molecule has 0 saturated heterocycles. The van der Waals surface area contributed by atoms with Gasteiger partial charge in [0.2, 0.25) is 11.9 Å². The molecule has 1 heterocycles. The van der Waals surface area contributed by atoms with Crippen molar-refractivity contribution >= 4 is 29.6 Å². The number of guanidine groups is 1. The average molecular weight is 299 g/mol. The molecule has 1 aromatic heterocycles. The Labute approximate surface area is 123 Å². The molecule has 112 valence electrons. The van der Waals surface area contributed by atoms with E-state index in [1.165, 1.54) is 18.9 Å². The molecule has 0 aliphatic rings. The summed E-state index contributed by atoms with van der Waals surface area (Å²) >= 11 is 1.53. The van der Waals surface area contributed by atoms with Crippen molar-refractivity contribution in [3.05, 3.63) is 0 Å². The molecule has 0 aliphatic heterocycles. The van der Waals surface area contributed by atoms with Crippen molar-refractivity contribution in [3.63, 3.8) is 0 Å². The molecule has 0 atom stereocenters. The Kier molecular flexibility index (Phi) is 7.02. The minimum Gasteiger partial charge on any atom is -0.368 e. The van der Waals surface area contributed by atoms with Crippen molar-refractivity contribution in [3.8, 4) is 0 Å². The van der Waals surface area contributed by atoms with Gasteiger partial charge in [0.25, 0.3) is 5.95 Å². The molecule has 0 aliphatic carbocycles. The Bertz CT molecular complexity index is 450. The van der Waals surface area contributed by atoms with E-state index < -0.39 is 0 Å². The van der Waals surface area contributed by atoms with Crippen LogP contribution in [0.5, 0.6) is 0 Å². The average Bonchev–Trinajstić information content (AvgIpc) is 2.40. The van der Waals surface area contributed by atoms with E-state index in [4.69, 9.17) is 5.73 Å². The molecule has 0 unspecified atom stereocenters. The molecule has 0 amide bonds. The van der Waals surface area contributed by atoms with E-state index >= 15 is 0 Å². The topological polar surface area (TPSA) is 102 Å². The van der Waals surface area contributed by atoms with Crippen LogP contribution in [0.15, 0.2) is 10.1 Å². The van der Waals surface area contributed by atoms with E-state index in [0.717, 1.165) is 18.8 Å². The number of thioether (sulfide) groups is 1. The van der Waals surface area contributed by atoms with Gasteiger partial charge in [-0.15, -0.1) is 0 Å². The van der Waals surface area contributed by atoms with Gasteiger partial charge in [-0.05, 0) is 19.6 Å². The highest BCUT2D eigenvalue weighted by molar-refractivity contribution is 7.99. The van der Waals surface area contributed by atoms with Gasteiger partial charge in [-0.25, -0.2) is 5.48 Å². The Morgan fingerprint density at radius 3 is 2.55 bits per heavy atom. The van der Waals surface area contributed by atoms with E-state index in [9.17, 15) is 0 Å². The standard InChI is InChI=1S/C11H21N7OS/c1-5-18(6-2)10-14-9(13-8(12)17-19-4)15-11(16-10)20-7-3/h5-7H2,1-4H3,(H3,12,13,14,15,16,17). The zero-order valence-corrected chi connectivity index (χ0v) is 13.1. The summed E-state index contributed by atoms with van der Waals surface area (Å²) in [5, 5.41) is 0.633. The minimum atomic E-state index is 0.0941. The van der Waals surface area contributed by atoms with Gasteiger partial charge in [0.05, 0.1) is 7.11 Å². The number of aromatic nitrogens is 3. The predicted molar refractivity (Wildman–Crippen MR) is 81.2 cm³/mol. The zero-order valence-electron chi connectivity index (χ0n) is 12.3. The van der Waals surface area contributed by atoms with E-state index in [1.54, 1.807) is 0 Å². The van der Waals surface area contributed by atoms with Gasteiger partial charge >= 0.3 is 0 Å². The van der Waals surface area contributed by atoms with E-state index in [1.807, 2.05) is 25.7 Å². The molecular formula is C11H21N7OS. The van der Waals surface area contributed by atoms with Crippen LogP contribution in [-0.4, -0.2) is 46.9 Å². The second kappa shape index (κ2) is 8.54. The summed E-state index contributed by atoms with van der Waals surface area (Å²) in [6.45, 7) is 7.75. The van der Waals surface area contributed by atoms with Crippen LogP contribution >= 0.6 is 11.8 Å². The minimum absolute atomic E-state index is 0.0941. The second-order valence-corrected chi connectivity index (χ2v) is 4.86. The Morgan fingerprint density at radius 2 is 2.00 bits per heavy atom. The fraction of sp³-hybridized carbons (Fsp3) is 0.636. The highest BCUT2D eigenvalue weighted by Crippen LogP contribution is 2.19. The van der Waals surface area contributed by atoms with Gasteiger partial charge in [0, 0.05) is 13.1 Å². The maximum atomic E-state index is 5.62. The van der Waals surface area contributed by atoms with Crippen LogP contribution in [0.25, 0.3) is 0 Å². The summed E-state index contributed by atoms with van der Waals surface area (Å²) in [6, 6.07) is 0. The summed E-state index contributed by atoms with van der Waals surface area (Å²) in [5.74, 6) is 1.83. The summed E-state index contributed by atoms with van der Waals surface area (Å²) in [5.41, 5.74) is 8.05. The molecule has 0 aromatic carbocycles. The van der Waals surface area contributed by atoms with Crippen molar-refractivity contribution in [2.24, 2.45) is 10.7 Å². The van der Waals surface area contributed by atoms with Gasteiger partial charge in [-0.2, -0.15) is 19.9 Å². The third-order valence-corrected chi connectivity index (χ3v) is 3.07. The van der Waals surface area contributed by atoms with Crippen molar-refractivity contribution in [2.75, 3.05) is 30.9 Å². The van der Waals surface area contributed by atoms with Crippen LogP contribution in [0.1, 0.15) is 20.8 Å². The lowest BCUT2D eigenvalue weighted by Crippen LogP contribution is -2.30. The molecule has 1 rings (SSSR count). The van der Waals surface area contributed by atoms with Crippen LogP contribution in [0.4, 0.5) is 11.9 Å². The largest absolute Gasteiger partial charge is 0.368 e. The fourth-order valence-corrected chi connectivity index (χ4v) is 2.01. The summed E-state index contributed by atoms with van der Waals surface area (Å²) < 4.78 is 0. The van der Waals surface area contributed by atoms with Crippen molar-refractivity contribution in [1.82, 2.24) is 20.4 Å². The SMILES string of the molecule is CCSc1nc(/N=C(/N)NOC)nc(N(CC)CC)n1. The molecule has 0 radical (unpaired) electrons. The smallest absolute Gasteiger partial charge is 0.258 e. The first-order valence-electron chi connectivity index (χ1n) is 6.41. The molecule has 8 nitrogen and oxygen atoms in total. The van der Waals surface area contributed by atoms with Crippen LogP contribution in [0.3, 0.4) is 0 Å². The number of nitrogens with one attached hydrogen (secondary N) is 1. The number of nitrogens with zero attached hydrogens (tertiary/aromatic N) is 5. The Balaban J connectivity index is 3.13. The first-order valence-corrected chi connectivity index (χ1v) is 7.40. The van der Waals surface area contributed by atoms with Crippen molar-refractivity contribution in [2.45, 2.75) is 25.9 Å². The maximum absolute atomic E-state index is 5.62. The van der Waals surface area contributed by atoms with Crippen LogP contribution in [0, 0.1) is 0 Å². The number of hydroxylamine groups is 1. The Morgan fingerprint density at radius 1 is 1.30 bits per heavy atom. The molecular weight excluding hydrogens is 278 g/mol.